The first kappa shape index (κ1) is 25.0. The third-order valence-corrected chi connectivity index (χ3v) is 7.63. The Kier molecular flexibility index (Phi) is 6.76. The molecule has 0 fully saturated rings. The number of benzene rings is 2. The van der Waals surface area contributed by atoms with Crippen molar-refractivity contribution < 1.29 is 9.18 Å². The van der Waals surface area contributed by atoms with Gasteiger partial charge in [-0.3, -0.25) is 4.79 Å². The Balaban J connectivity index is 1.72. The summed E-state index contributed by atoms with van der Waals surface area (Å²) < 4.78 is 16.6. The van der Waals surface area contributed by atoms with Gasteiger partial charge in [0.25, 0.3) is 5.91 Å². The summed E-state index contributed by atoms with van der Waals surface area (Å²) in [7, 11) is 0. The fourth-order valence-electron chi connectivity index (χ4n) is 5.36. The monoisotopic (exact) mass is 476 g/mol. The predicted molar refractivity (Wildman–Crippen MR) is 139 cm³/mol. The summed E-state index contributed by atoms with van der Waals surface area (Å²) in [6, 6.07) is 15.1. The first-order valence-electron chi connectivity index (χ1n) is 12.7. The number of carbonyl (C=O) groups excluding carboxylic acids is 1. The molecule has 1 amide bonds. The van der Waals surface area contributed by atoms with Gasteiger partial charge in [-0.2, -0.15) is 5.10 Å². The van der Waals surface area contributed by atoms with Crippen LogP contribution in [0.5, 0.6) is 0 Å². The Labute approximate surface area is 208 Å². The summed E-state index contributed by atoms with van der Waals surface area (Å²) in [5, 5.41) is 11.6. The van der Waals surface area contributed by atoms with E-state index < -0.39 is 5.54 Å². The molecule has 0 saturated carbocycles. The van der Waals surface area contributed by atoms with Gasteiger partial charge in [0.15, 0.2) is 0 Å². The number of amides is 1. The summed E-state index contributed by atoms with van der Waals surface area (Å²) in [6.45, 7) is 12.4. The fourth-order valence-corrected chi connectivity index (χ4v) is 5.36. The minimum absolute atomic E-state index is 0.162. The molecule has 2 aromatic carbocycles. The lowest BCUT2D eigenvalue weighted by atomic mass is 9.83. The number of halogens is 1. The number of rotatable bonds is 7. The minimum Gasteiger partial charge on any atom is -0.363 e. The van der Waals surface area contributed by atoms with Gasteiger partial charge in [0.2, 0.25) is 0 Å². The standard InChI is InChI=1S/C29H37FN4O/c1-7-20-14-16-21(17-15-20)29(8-2,9-3)32-27(35)25-19(4)33-34-26(25)31-24(18-28(34,5)6)22-12-10-11-13-23(22)30/h10-17,24,31H,7-9,18H2,1-6H3,(H,32,35). The third kappa shape index (κ3) is 4.46. The normalized spacial score (nSPS) is 16.9. The van der Waals surface area contributed by atoms with E-state index in [1.54, 1.807) is 12.1 Å². The van der Waals surface area contributed by atoms with Crippen LogP contribution in [0.1, 0.15) is 92.7 Å². The molecular formula is C29H37FN4O. The van der Waals surface area contributed by atoms with Crippen LogP contribution in [0, 0.1) is 12.7 Å². The first-order valence-corrected chi connectivity index (χ1v) is 12.7. The van der Waals surface area contributed by atoms with Crippen LogP contribution < -0.4 is 10.6 Å². The highest BCUT2D eigenvalue weighted by Gasteiger charge is 2.40. The molecule has 0 bridgehead atoms. The molecular weight excluding hydrogens is 439 g/mol. The summed E-state index contributed by atoms with van der Waals surface area (Å²) in [5.74, 6) is 0.236. The summed E-state index contributed by atoms with van der Waals surface area (Å²) in [4.78, 5) is 13.9. The zero-order chi connectivity index (χ0) is 25.4. The average molecular weight is 477 g/mol. The number of fused-ring (bicyclic) bond motifs is 1. The van der Waals surface area contributed by atoms with Gasteiger partial charge in [0, 0.05) is 5.56 Å². The van der Waals surface area contributed by atoms with E-state index in [0.717, 1.165) is 24.8 Å². The lowest BCUT2D eigenvalue weighted by Gasteiger charge is -2.39. The van der Waals surface area contributed by atoms with Crippen molar-refractivity contribution >= 4 is 11.7 Å². The lowest BCUT2D eigenvalue weighted by molar-refractivity contribution is 0.0889. The Bertz CT molecular complexity index is 1210. The van der Waals surface area contributed by atoms with Crippen LogP contribution in [-0.2, 0) is 17.5 Å². The van der Waals surface area contributed by atoms with Gasteiger partial charge in [0.1, 0.15) is 17.2 Å². The van der Waals surface area contributed by atoms with Crippen molar-refractivity contribution in [3.8, 4) is 0 Å². The predicted octanol–water partition coefficient (Wildman–Crippen LogP) is 6.63. The van der Waals surface area contributed by atoms with Gasteiger partial charge < -0.3 is 10.6 Å². The van der Waals surface area contributed by atoms with Crippen LogP contribution in [-0.4, -0.2) is 15.7 Å². The maximum absolute atomic E-state index is 14.7. The highest BCUT2D eigenvalue weighted by Crippen LogP contribution is 2.42. The summed E-state index contributed by atoms with van der Waals surface area (Å²) in [5.41, 5.74) is 3.28. The summed E-state index contributed by atoms with van der Waals surface area (Å²) >= 11 is 0. The van der Waals surface area contributed by atoms with Crippen LogP contribution in [0.2, 0.25) is 0 Å². The Hall–Kier alpha value is -3.15. The van der Waals surface area contributed by atoms with Gasteiger partial charge in [-0.25, -0.2) is 9.07 Å². The zero-order valence-electron chi connectivity index (χ0n) is 21.7. The van der Waals surface area contributed by atoms with E-state index in [1.165, 1.54) is 11.6 Å². The molecule has 0 aliphatic carbocycles. The largest absolute Gasteiger partial charge is 0.363 e. The Morgan fingerprint density at radius 2 is 1.80 bits per heavy atom. The first-order chi connectivity index (χ1) is 16.7. The number of hydrogen-bond donors (Lipinski definition) is 2. The van der Waals surface area contributed by atoms with E-state index in [1.807, 2.05) is 17.7 Å². The second-order valence-corrected chi connectivity index (χ2v) is 10.2. The smallest absolute Gasteiger partial charge is 0.257 e. The molecule has 1 atom stereocenters. The van der Waals surface area contributed by atoms with Crippen molar-refractivity contribution in [2.24, 2.45) is 0 Å². The van der Waals surface area contributed by atoms with Crippen molar-refractivity contribution in [3.05, 3.63) is 82.3 Å². The van der Waals surface area contributed by atoms with Crippen molar-refractivity contribution in [1.29, 1.82) is 0 Å². The number of aryl methyl sites for hydroxylation is 2. The number of nitrogens with zero attached hydrogens (tertiary/aromatic N) is 2. The van der Waals surface area contributed by atoms with E-state index in [-0.39, 0.29) is 23.3 Å². The molecule has 1 aromatic heterocycles. The van der Waals surface area contributed by atoms with Crippen LogP contribution in [0.4, 0.5) is 10.2 Å². The SMILES string of the molecule is CCc1ccc(C(CC)(CC)NC(=O)c2c(C)nn3c2NC(c2ccccc2F)CC3(C)C)cc1. The quantitative estimate of drug-likeness (QED) is 0.402. The van der Waals surface area contributed by atoms with Gasteiger partial charge in [0.05, 0.1) is 22.8 Å². The Morgan fingerprint density at radius 3 is 2.40 bits per heavy atom. The molecule has 0 saturated heterocycles. The molecule has 5 nitrogen and oxygen atoms in total. The van der Waals surface area contributed by atoms with E-state index >= 15 is 0 Å². The lowest BCUT2D eigenvalue weighted by Crippen LogP contribution is -2.45. The molecule has 0 radical (unpaired) electrons. The second-order valence-electron chi connectivity index (χ2n) is 10.2. The molecule has 4 rings (SSSR count). The number of anilines is 1. The molecule has 1 aliphatic heterocycles. The van der Waals surface area contributed by atoms with Gasteiger partial charge in [-0.15, -0.1) is 0 Å². The molecule has 2 heterocycles. The van der Waals surface area contributed by atoms with Crippen molar-refractivity contribution in [2.75, 3.05) is 5.32 Å². The minimum atomic E-state index is -0.486. The molecule has 3 aromatic rings. The van der Waals surface area contributed by atoms with Gasteiger partial charge in [-0.05, 0) is 63.6 Å². The van der Waals surface area contributed by atoms with Gasteiger partial charge >= 0.3 is 0 Å². The summed E-state index contributed by atoms with van der Waals surface area (Å²) in [6.07, 6.45) is 3.16. The van der Waals surface area contributed by atoms with Crippen LogP contribution in [0.15, 0.2) is 48.5 Å². The molecule has 35 heavy (non-hydrogen) atoms. The Morgan fingerprint density at radius 1 is 1.14 bits per heavy atom. The molecule has 1 aliphatic rings. The molecule has 1 unspecified atom stereocenters. The molecule has 2 N–H and O–H groups in total. The number of aromatic nitrogens is 2. The number of nitrogens with one attached hydrogen (secondary N) is 2. The highest BCUT2D eigenvalue weighted by molar-refractivity contribution is 6.00. The van der Waals surface area contributed by atoms with E-state index in [4.69, 9.17) is 5.10 Å². The van der Waals surface area contributed by atoms with E-state index in [9.17, 15) is 9.18 Å². The van der Waals surface area contributed by atoms with Crippen LogP contribution in [0.25, 0.3) is 0 Å². The van der Waals surface area contributed by atoms with Crippen LogP contribution >= 0.6 is 0 Å². The number of hydrogen-bond acceptors (Lipinski definition) is 3. The van der Waals surface area contributed by atoms with Crippen molar-refractivity contribution in [2.45, 2.75) is 84.3 Å². The molecule has 0 spiro atoms. The second kappa shape index (κ2) is 9.48. The van der Waals surface area contributed by atoms with Crippen LogP contribution in [0.3, 0.4) is 0 Å². The number of carbonyl (C=O) groups is 1. The van der Waals surface area contributed by atoms with Gasteiger partial charge in [-0.1, -0.05) is 63.2 Å². The third-order valence-electron chi connectivity index (χ3n) is 7.63. The average Bonchev–Trinajstić information content (AvgIpc) is 3.19. The molecule has 6 heteroatoms. The highest BCUT2D eigenvalue weighted by atomic mass is 19.1. The molecule has 186 valence electrons. The van der Waals surface area contributed by atoms with E-state index in [2.05, 4.69) is 69.5 Å². The topological polar surface area (TPSA) is 59.0 Å². The van der Waals surface area contributed by atoms with Crippen molar-refractivity contribution in [1.82, 2.24) is 15.1 Å². The van der Waals surface area contributed by atoms with Crippen molar-refractivity contribution in [3.63, 3.8) is 0 Å². The zero-order valence-corrected chi connectivity index (χ0v) is 21.7. The van der Waals surface area contributed by atoms with E-state index in [0.29, 0.717) is 29.1 Å². The fraction of sp³-hybridized carbons (Fsp3) is 0.448. The maximum atomic E-state index is 14.7. The maximum Gasteiger partial charge on any atom is 0.257 e.